The summed E-state index contributed by atoms with van der Waals surface area (Å²) in [5.41, 5.74) is 0.172. The lowest BCUT2D eigenvalue weighted by Crippen LogP contribution is -2.34. The average Bonchev–Trinajstić information content (AvgIpc) is 3.11. The van der Waals surface area contributed by atoms with Crippen molar-refractivity contribution in [3.05, 3.63) is 27.0 Å². The molecule has 0 aromatic carbocycles. The highest BCUT2D eigenvalue weighted by atomic mass is 35.5. The number of nitrogens with one attached hydrogen (secondary N) is 2. The van der Waals surface area contributed by atoms with Crippen LogP contribution in [0.25, 0.3) is 9.88 Å². The molecule has 0 aliphatic rings. The predicted octanol–water partition coefficient (Wildman–Crippen LogP) is 4.48. The smallest absolute Gasteiger partial charge is 0.407 e. The van der Waals surface area contributed by atoms with Crippen LogP contribution in [-0.2, 0) is 4.74 Å². The molecule has 0 fully saturated rings. The van der Waals surface area contributed by atoms with E-state index in [0.29, 0.717) is 34.4 Å². The molecule has 0 atom stereocenters. The number of hydrogen-bond donors (Lipinski definition) is 2. The second kappa shape index (κ2) is 8.83. The van der Waals surface area contributed by atoms with E-state index < -0.39 is 11.7 Å². The first-order valence-electron chi connectivity index (χ1n) is 8.14. The second-order valence-electron chi connectivity index (χ2n) is 6.58. The Balaban J connectivity index is 1.78. The average molecular weight is 416 g/mol. The van der Waals surface area contributed by atoms with Gasteiger partial charge in [0.15, 0.2) is 0 Å². The van der Waals surface area contributed by atoms with Gasteiger partial charge in [0.25, 0.3) is 5.91 Å². The number of carbonyl (C=O) groups is 2. The van der Waals surface area contributed by atoms with Crippen molar-refractivity contribution >= 4 is 46.3 Å². The van der Waals surface area contributed by atoms with Crippen molar-refractivity contribution < 1.29 is 14.3 Å². The molecule has 0 aliphatic heterocycles. The van der Waals surface area contributed by atoms with Crippen molar-refractivity contribution in [1.82, 2.24) is 15.6 Å². The van der Waals surface area contributed by atoms with E-state index in [-0.39, 0.29) is 5.91 Å². The number of thiophene rings is 1. The fourth-order valence-corrected chi connectivity index (χ4v) is 4.10. The molecule has 0 unspecified atom stereocenters. The predicted molar refractivity (Wildman–Crippen MR) is 106 cm³/mol. The third kappa shape index (κ3) is 6.26. The summed E-state index contributed by atoms with van der Waals surface area (Å²) in [4.78, 5) is 29.8. The van der Waals surface area contributed by atoms with E-state index in [1.807, 2.05) is 39.8 Å². The highest BCUT2D eigenvalue weighted by molar-refractivity contribution is 7.24. The van der Waals surface area contributed by atoms with Gasteiger partial charge in [-0.25, -0.2) is 9.78 Å². The molecule has 0 aliphatic carbocycles. The summed E-state index contributed by atoms with van der Waals surface area (Å²) in [7, 11) is 0. The van der Waals surface area contributed by atoms with Crippen LogP contribution in [0.3, 0.4) is 0 Å². The lowest BCUT2D eigenvalue weighted by Gasteiger charge is -2.19. The zero-order chi connectivity index (χ0) is 19.3. The van der Waals surface area contributed by atoms with Crippen molar-refractivity contribution in [2.75, 3.05) is 13.1 Å². The standard InChI is InChI=1S/C17H22ClN3O3S2/c1-10-13(26-15(21-10)11-6-7-12(18)25-11)14(22)19-8-5-9-20-16(23)24-17(2,3)4/h6-7H,5,8-9H2,1-4H3,(H,19,22)(H,20,23). The summed E-state index contributed by atoms with van der Waals surface area (Å²) in [6.07, 6.45) is 0.150. The van der Waals surface area contributed by atoms with E-state index in [0.717, 1.165) is 9.88 Å². The molecular formula is C17H22ClN3O3S2. The number of carbonyl (C=O) groups excluding carboxylic acids is 2. The molecule has 2 aromatic heterocycles. The van der Waals surface area contributed by atoms with Crippen LogP contribution in [0.15, 0.2) is 12.1 Å². The van der Waals surface area contributed by atoms with Gasteiger partial charge >= 0.3 is 6.09 Å². The number of ether oxygens (including phenoxy) is 1. The molecule has 2 amide bonds. The van der Waals surface area contributed by atoms with Crippen LogP contribution in [0.4, 0.5) is 4.79 Å². The van der Waals surface area contributed by atoms with Crippen molar-refractivity contribution in [2.24, 2.45) is 0 Å². The molecule has 2 aromatic rings. The van der Waals surface area contributed by atoms with Crippen molar-refractivity contribution in [2.45, 2.75) is 39.7 Å². The summed E-state index contributed by atoms with van der Waals surface area (Å²) in [5, 5.41) is 6.30. The molecule has 0 radical (unpaired) electrons. The third-order valence-corrected chi connectivity index (χ3v) is 5.65. The number of aryl methyl sites for hydroxylation is 1. The third-order valence-electron chi connectivity index (χ3n) is 3.09. The summed E-state index contributed by atoms with van der Waals surface area (Å²) in [5.74, 6) is -0.161. The van der Waals surface area contributed by atoms with Gasteiger partial charge in [-0.2, -0.15) is 0 Å². The number of rotatable bonds is 6. The Morgan fingerprint density at radius 3 is 2.50 bits per heavy atom. The quantitative estimate of drug-likeness (QED) is 0.681. The number of hydrogen-bond acceptors (Lipinski definition) is 6. The molecule has 2 N–H and O–H groups in total. The zero-order valence-electron chi connectivity index (χ0n) is 15.1. The van der Waals surface area contributed by atoms with Crippen LogP contribution in [0, 0.1) is 6.92 Å². The lowest BCUT2D eigenvalue weighted by atomic mass is 10.2. The number of aromatic nitrogens is 1. The minimum atomic E-state index is -0.521. The van der Waals surface area contributed by atoms with E-state index in [1.165, 1.54) is 22.7 Å². The van der Waals surface area contributed by atoms with Crippen LogP contribution >= 0.6 is 34.3 Å². The van der Waals surface area contributed by atoms with Crippen molar-refractivity contribution in [1.29, 1.82) is 0 Å². The number of amides is 2. The fourth-order valence-electron chi connectivity index (χ4n) is 2.02. The maximum atomic E-state index is 12.3. The molecule has 0 spiro atoms. The Labute approximate surface area is 165 Å². The van der Waals surface area contributed by atoms with E-state index >= 15 is 0 Å². The van der Waals surface area contributed by atoms with Crippen molar-refractivity contribution in [3.8, 4) is 9.88 Å². The van der Waals surface area contributed by atoms with Gasteiger partial charge < -0.3 is 15.4 Å². The van der Waals surface area contributed by atoms with Crippen LogP contribution in [0.5, 0.6) is 0 Å². The van der Waals surface area contributed by atoms with E-state index in [4.69, 9.17) is 16.3 Å². The molecule has 142 valence electrons. The fraction of sp³-hybridized carbons (Fsp3) is 0.471. The van der Waals surface area contributed by atoms with Gasteiger partial charge in [0.05, 0.1) is 14.9 Å². The molecule has 0 saturated carbocycles. The molecule has 9 heteroatoms. The lowest BCUT2D eigenvalue weighted by molar-refractivity contribution is 0.0527. The van der Waals surface area contributed by atoms with E-state index in [2.05, 4.69) is 15.6 Å². The molecule has 0 bridgehead atoms. The maximum Gasteiger partial charge on any atom is 0.407 e. The number of halogens is 1. The van der Waals surface area contributed by atoms with Gasteiger partial charge in [-0.3, -0.25) is 4.79 Å². The van der Waals surface area contributed by atoms with E-state index in [9.17, 15) is 9.59 Å². The SMILES string of the molecule is Cc1nc(-c2ccc(Cl)s2)sc1C(=O)NCCCNC(=O)OC(C)(C)C. The molecule has 2 heterocycles. The first kappa shape index (κ1) is 20.7. The van der Waals surface area contributed by atoms with Crippen LogP contribution in [0.1, 0.15) is 42.6 Å². The molecule has 2 rings (SSSR count). The molecular weight excluding hydrogens is 394 g/mol. The zero-order valence-corrected chi connectivity index (χ0v) is 17.5. The largest absolute Gasteiger partial charge is 0.444 e. The normalized spacial score (nSPS) is 11.3. The summed E-state index contributed by atoms with van der Waals surface area (Å²) < 4.78 is 5.84. The number of thiazole rings is 1. The summed E-state index contributed by atoms with van der Waals surface area (Å²) in [6, 6.07) is 3.71. The van der Waals surface area contributed by atoms with Crippen LogP contribution in [-0.4, -0.2) is 35.7 Å². The number of nitrogens with zero attached hydrogens (tertiary/aromatic N) is 1. The number of alkyl carbamates (subject to hydrolysis) is 1. The van der Waals surface area contributed by atoms with Gasteiger partial charge in [-0.15, -0.1) is 22.7 Å². The highest BCUT2D eigenvalue weighted by Crippen LogP contribution is 2.34. The van der Waals surface area contributed by atoms with Crippen LogP contribution < -0.4 is 10.6 Å². The van der Waals surface area contributed by atoms with Gasteiger partial charge in [0.2, 0.25) is 0 Å². The Bertz CT molecular complexity index is 781. The minimum Gasteiger partial charge on any atom is -0.444 e. The Morgan fingerprint density at radius 2 is 1.88 bits per heavy atom. The van der Waals surface area contributed by atoms with E-state index in [1.54, 1.807) is 0 Å². The van der Waals surface area contributed by atoms with Gasteiger partial charge in [-0.05, 0) is 46.2 Å². The van der Waals surface area contributed by atoms with Crippen molar-refractivity contribution in [3.63, 3.8) is 0 Å². The Kier molecular flexibility index (Phi) is 7.02. The molecule has 0 saturated heterocycles. The van der Waals surface area contributed by atoms with Gasteiger partial charge in [0.1, 0.15) is 15.5 Å². The Hall–Kier alpha value is -1.64. The topological polar surface area (TPSA) is 80.3 Å². The first-order chi connectivity index (χ1) is 12.2. The summed E-state index contributed by atoms with van der Waals surface area (Å²) in [6.45, 7) is 8.12. The Morgan fingerprint density at radius 1 is 1.19 bits per heavy atom. The second-order valence-corrected chi connectivity index (χ2v) is 9.29. The maximum absolute atomic E-state index is 12.3. The van der Waals surface area contributed by atoms with Crippen LogP contribution in [0.2, 0.25) is 4.34 Å². The monoisotopic (exact) mass is 415 g/mol. The minimum absolute atomic E-state index is 0.161. The van der Waals surface area contributed by atoms with Gasteiger partial charge in [-0.1, -0.05) is 11.6 Å². The molecule has 6 nitrogen and oxygen atoms in total. The van der Waals surface area contributed by atoms with Gasteiger partial charge in [0, 0.05) is 13.1 Å². The molecule has 26 heavy (non-hydrogen) atoms. The first-order valence-corrected chi connectivity index (χ1v) is 10.1. The highest BCUT2D eigenvalue weighted by Gasteiger charge is 2.17. The summed E-state index contributed by atoms with van der Waals surface area (Å²) >= 11 is 8.74.